The lowest BCUT2D eigenvalue weighted by Gasteiger charge is -2.19. The van der Waals surface area contributed by atoms with Crippen molar-refractivity contribution in [3.63, 3.8) is 0 Å². The van der Waals surface area contributed by atoms with Crippen LogP contribution in [-0.2, 0) is 9.53 Å². The summed E-state index contributed by atoms with van der Waals surface area (Å²) in [6, 6.07) is 0.123. The van der Waals surface area contributed by atoms with Crippen molar-refractivity contribution in [1.82, 2.24) is 5.32 Å². The highest BCUT2D eigenvalue weighted by Gasteiger charge is 2.32. The van der Waals surface area contributed by atoms with Gasteiger partial charge in [0, 0.05) is 12.6 Å². The van der Waals surface area contributed by atoms with E-state index in [2.05, 4.69) is 11.9 Å². The van der Waals surface area contributed by atoms with Gasteiger partial charge in [0.05, 0.1) is 6.61 Å². The number of halogens is 1. The first-order valence-corrected chi connectivity index (χ1v) is 5.92. The van der Waals surface area contributed by atoms with Crippen molar-refractivity contribution in [1.29, 1.82) is 0 Å². The highest BCUT2D eigenvalue weighted by atomic mass is 35.5. The van der Waals surface area contributed by atoms with Crippen molar-refractivity contribution in [2.45, 2.75) is 38.3 Å². The third-order valence-corrected chi connectivity index (χ3v) is 2.83. The van der Waals surface area contributed by atoms with Gasteiger partial charge in [-0.05, 0) is 32.1 Å². The van der Waals surface area contributed by atoms with Crippen molar-refractivity contribution in [3.8, 4) is 0 Å². The molecule has 1 amide bonds. The third kappa shape index (κ3) is 6.05. The standard InChI is InChI=1S/C12H22N2O2.ClH/c1-3-4-7-16-9(2)12(15)14-11(8-13)10-5-6-10;/h3,9-11H,1,4-8,13H2,2H3,(H,14,15);1H. The van der Waals surface area contributed by atoms with E-state index in [4.69, 9.17) is 10.5 Å². The Morgan fingerprint density at radius 2 is 2.29 bits per heavy atom. The molecule has 0 aromatic carbocycles. The summed E-state index contributed by atoms with van der Waals surface area (Å²) in [6.45, 7) is 6.41. The van der Waals surface area contributed by atoms with E-state index in [9.17, 15) is 4.79 Å². The Labute approximate surface area is 109 Å². The van der Waals surface area contributed by atoms with E-state index < -0.39 is 6.10 Å². The lowest BCUT2D eigenvalue weighted by molar-refractivity contribution is -0.132. The number of ether oxygens (including phenoxy) is 1. The first kappa shape index (κ1) is 16.4. The van der Waals surface area contributed by atoms with Gasteiger partial charge in [0.25, 0.3) is 0 Å². The van der Waals surface area contributed by atoms with Gasteiger partial charge in [-0.25, -0.2) is 0 Å². The molecule has 1 rings (SSSR count). The van der Waals surface area contributed by atoms with E-state index in [-0.39, 0.29) is 24.4 Å². The van der Waals surface area contributed by atoms with Gasteiger partial charge in [0.15, 0.2) is 0 Å². The Morgan fingerprint density at radius 1 is 1.65 bits per heavy atom. The van der Waals surface area contributed by atoms with Gasteiger partial charge in [-0.2, -0.15) is 0 Å². The minimum atomic E-state index is -0.409. The molecule has 5 heteroatoms. The zero-order chi connectivity index (χ0) is 12.0. The lowest BCUT2D eigenvalue weighted by atomic mass is 10.2. The van der Waals surface area contributed by atoms with E-state index in [1.165, 1.54) is 12.8 Å². The smallest absolute Gasteiger partial charge is 0.249 e. The van der Waals surface area contributed by atoms with Crippen molar-refractivity contribution in [3.05, 3.63) is 12.7 Å². The molecule has 4 nitrogen and oxygen atoms in total. The predicted octanol–water partition coefficient (Wildman–Crippen LogP) is 1.24. The monoisotopic (exact) mass is 262 g/mol. The average molecular weight is 263 g/mol. The summed E-state index contributed by atoms with van der Waals surface area (Å²) in [7, 11) is 0. The van der Waals surface area contributed by atoms with Crippen LogP contribution in [0.5, 0.6) is 0 Å². The number of amides is 1. The second kappa shape index (κ2) is 8.50. The molecule has 1 aliphatic carbocycles. The molecular formula is C12H23ClN2O2. The van der Waals surface area contributed by atoms with E-state index in [0.29, 0.717) is 19.1 Å². The Morgan fingerprint density at radius 3 is 2.76 bits per heavy atom. The van der Waals surface area contributed by atoms with Crippen LogP contribution in [0.25, 0.3) is 0 Å². The number of hydrogen-bond donors (Lipinski definition) is 2. The van der Waals surface area contributed by atoms with Crippen LogP contribution in [0.2, 0.25) is 0 Å². The molecular weight excluding hydrogens is 240 g/mol. The topological polar surface area (TPSA) is 64.3 Å². The zero-order valence-corrected chi connectivity index (χ0v) is 11.2. The van der Waals surface area contributed by atoms with Crippen LogP contribution >= 0.6 is 12.4 Å². The van der Waals surface area contributed by atoms with Crippen molar-refractivity contribution in [2.75, 3.05) is 13.2 Å². The number of carbonyl (C=O) groups is 1. The van der Waals surface area contributed by atoms with Crippen LogP contribution in [0.15, 0.2) is 12.7 Å². The molecule has 17 heavy (non-hydrogen) atoms. The Bertz CT molecular complexity index is 245. The molecule has 1 saturated carbocycles. The van der Waals surface area contributed by atoms with Gasteiger partial charge >= 0.3 is 0 Å². The van der Waals surface area contributed by atoms with Crippen LogP contribution in [0.3, 0.4) is 0 Å². The number of hydrogen-bond acceptors (Lipinski definition) is 3. The zero-order valence-electron chi connectivity index (χ0n) is 10.4. The lowest BCUT2D eigenvalue weighted by Crippen LogP contribution is -2.46. The SMILES string of the molecule is C=CCCOC(C)C(=O)NC(CN)C1CC1.Cl. The second-order valence-electron chi connectivity index (χ2n) is 4.28. The molecule has 100 valence electrons. The number of rotatable bonds is 8. The van der Waals surface area contributed by atoms with Gasteiger partial charge < -0.3 is 15.8 Å². The average Bonchev–Trinajstić information content (AvgIpc) is 3.09. The van der Waals surface area contributed by atoms with Crippen LogP contribution < -0.4 is 11.1 Å². The number of carbonyl (C=O) groups excluding carboxylic acids is 1. The molecule has 1 fully saturated rings. The molecule has 0 aromatic rings. The van der Waals surface area contributed by atoms with E-state index in [1.807, 2.05) is 0 Å². The van der Waals surface area contributed by atoms with Crippen LogP contribution in [0.1, 0.15) is 26.2 Å². The minimum absolute atomic E-state index is 0. The maximum atomic E-state index is 11.7. The van der Waals surface area contributed by atoms with Crippen molar-refractivity contribution in [2.24, 2.45) is 11.7 Å². The predicted molar refractivity (Wildman–Crippen MR) is 71.2 cm³/mol. The third-order valence-electron chi connectivity index (χ3n) is 2.83. The molecule has 2 unspecified atom stereocenters. The van der Waals surface area contributed by atoms with Gasteiger partial charge in [0.1, 0.15) is 6.10 Å². The van der Waals surface area contributed by atoms with E-state index in [1.54, 1.807) is 13.0 Å². The molecule has 0 radical (unpaired) electrons. The van der Waals surface area contributed by atoms with E-state index >= 15 is 0 Å². The normalized spacial score (nSPS) is 17.8. The van der Waals surface area contributed by atoms with Crippen LogP contribution in [0.4, 0.5) is 0 Å². The summed E-state index contributed by atoms with van der Waals surface area (Å²) in [4.78, 5) is 11.7. The first-order chi connectivity index (χ1) is 7.69. The number of nitrogens with one attached hydrogen (secondary N) is 1. The summed E-state index contributed by atoms with van der Waals surface area (Å²) < 4.78 is 5.37. The minimum Gasteiger partial charge on any atom is -0.368 e. The summed E-state index contributed by atoms with van der Waals surface area (Å²) >= 11 is 0. The molecule has 0 spiro atoms. The fraction of sp³-hybridized carbons (Fsp3) is 0.750. The Balaban J connectivity index is 0.00000256. The largest absolute Gasteiger partial charge is 0.368 e. The summed E-state index contributed by atoms with van der Waals surface area (Å²) in [5.74, 6) is 0.515. The maximum Gasteiger partial charge on any atom is 0.249 e. The molecule has 0 aromatic heterocycles. The Hall–Kier alpha value is -0.580. The van der Waals surface area contributed by atoms with Crippen LogP contribution in [0, 0.1) is 5.92 Å². The fourth-order valence-corrected chi connectivity index (χ4v) is 1.57. The Kier molecular flexibility index (Phi) is 8.21. The molecule has 3 N–H and O–H groups in total. The second-order valence-corrected chi connectivity index (χ2v) is 4.28. The molecule has 0 bridgehead atoms. The quantitative estimate of drug-likeness (QED) is 0.511. The van der Waals surface area contributed by atoms with Crippen molar-refractivity contribution >= 4 is 18.3 Å². The molecule has 0 heterocycles. The fourth-order valence-electron chi connectivity index (χ4n) is 1.57. The molecule has 0 aliphatic heterocycles. The first-order valence-electron chi connectivity index (χ1n) is 5.92. The highest BCUT2D eigenvalue weighted by Crippen LogP contribution is 2.32. The van der Waals surface area contributed by atoms with Gasteiger partial charge in [0.2, 0.25) is 5.91 Å². The van der Waals surface area contributed by atoms with Gasteiger partial charge in [-0.3, -0.25) is 4.79 Å². The van der Waals surface area contributed by atoms with Crippen molar-refractivity contribution < 1.29 is 9.53 Å². The summed E-state index contributed by atoms with van der Waals surface area (Å²) in [5.41, 5.74) is 5.61. The maximum absolute atomic E-state index is 11.7. The summed E-state index contributed by atoms with van der Waals surface area (Å²) in [5, 5.41) is 2.94. The summed E-state index contributed by atoms with van der Waals surface area (Å²) in [6.07, 6.45) is 4.48. The highest BCUT2D eigenvalue weighted by molar-refractivity contribution is 5.85. The molecule has 2 atom stereocenters. The van der Waals surface area contributed by atoms with E-state index in [0.717, 1.165) is 6.42 Å². The van der Waals surface area contributed by atoms with Gasteiger partial charge in [-0.1, -0.05) is 6.08 Å². The molecule has 1 aliphatic rings. The van der Waals surface area contributed by atoms with Crippen LogP contribution in [-0.4, -0.2) is 31.2 Å². The van der Waals surface area contributed by atoms with Gasteiger partial charge in [-0.15, -0.1) is 19.0 Å². The molecule has 0 saturated heterocycles. The number of nitrogens with two attached hydrogens (primary N) is 1.